The fourth-order valence-corrected chi connectivity index (χ4v) is 4.30. The first-order valence-electron chi connectivity index (χ1n) is 7.71. The third-order valence-electron chi connectivity index (χ3n) is 5.70. The first-order valence-corrected chi connectivity index (χ1v) is 7.71. The molecule has 2 heteroatoms. The van der Waals surface area contributed by atoms with Crippen molar-refractivity contribution < 1.29 is 5.11 Å². The molecule has 2 nitrogen and oxygen atoms in total. The van der Waals surface area contributed by atoms with Crippen LogP contribution >= 0.6 is 0 Å². The number of nitriles is 1. The smallest absolute Gasteiger partial charge is 0.0863 e. The fraction of sp³-hybridized carbons (Fsp3) is 0.938. The lowest BCUT2D eigenvalue weighted by Crippen LogP contribution is -2.55. The van der Waals surface area contributed by atoms with E-state index in [0.29, 0.717) is 5.92 Å². The normalized spacial score (nSPS) is 45.4. The molecule has 0 saturated heterocycles. The van der Waals surface area contributed by atoms with Gasteiger partial charge in [-0.15, -0.1) is 0 Å². The van der Waals surface area contributed by atoms with E-state index in [2.05, 4.69) is 19.9 Å². The van der Waals surface area contributed by atoms with Crippen LogP contribution in [0.3, 0.4) is 0 Å². The first-order chi connectivity index (χ1) is 8.58. The molecule has 0 aromatic rings. The molecule has 2 unspecified atom stereocenters. The molecule has 18 heavy (non-hydrogen) atoms. The molecule has 2 atom stereocenters. The molecule has 2 aliphatic carbocycles. The van der Waals surface area contributed by atoms with Gasteiger partial charge in [0.15, 0.2) is 0 Å². The van der Waals surface area contributed by atoms with Crippen LogP contribution in [0.15, 0.2) is 0 Å². The van der Waals surface area contributed by atoms with E-state index in [1.54, 1.807) is 0 Å². The zero-order chi connectivity index (χ0) is 13.2. The molecule has 0 spiro atoms. The van der Waals surface area contributed by atoms with Gasteiger partial charge in [0, 0.05) is 0 Å². The van der Waals surface area contributed by atoms with Gasteiger partial charge in [0.05, 0.1) is 17.1 Å². The van der Waals surface area contributed by atoms with Gasteiger partial charge in [-0.2, -0.15) is 5.26 Å². The van der Waals surface area contributed by atoms with Crippen molar-refractivity contribution in [1.29, 1.82) is 5.26 Å². The zero-order valence-corrected chi connectivity index (χ0v) is 11.9. The second-order valence-electron chi connectivity index (χ2n) is 6.65. The van der Waals surface area contributed by atoms with Crippen molar-refractivity contribution in [3.63, 3.8) is 0 Å². The quantitative estimate of drug-likeness (QED) is 0.802. The van der Waals surface area contributed by atoms with Gasteiger partial charge in [0.1, 0.15) is 0 Å². The van der Waals surface area contributed by atoms with Crippen LogP contribution in [0.1, 0.15) is 71.6 Å². The number of rotatable bonds is 2. The molecule has 0 aromatic carbocycles. The molecule has 2 aliphatic rings. The molecule has 0 amide bonds. The van der Waals surface area contributed by atoms with Crippen LogP contribution < -0.4 is 0 Å². The summed E-state index contributed by atoms with van der Waals surface area (Å²) in [5.74, 6) is 1.05. The van der Waals surface area contributed by atoms with E-state index < -0.39 is 11.0 Å². The summed E-state index contributed by atoms with van der Waals surface area (Å²) >= 11 is 0. The Morgan fingerprint density at radius 1 is 1.17 bits per heavy atom. The van der Waals surface area contributed by atoms with Crippen LogP contribution in [0.2, 0.25) is 0 Å². The molecule has 0 heterocycles. The maximum absolute atomic E-state index is 11.3. The van der Waals surface area contributed by atoms with Crippen molar-refractivity contribution in [3.05, 3.63) is 0 Å². The highest BCUT2D eigenvalue weighted by molar-refractivity contribution is 5.15. The lowest BCUT2D eigenvalue weighted by Gasteiger charge is -2.52. The third-order valence-corrected chi connectivity index (χ3v) is 5.70. The highest BCUT2D eigenvalue weighted by atomic mass is 16.3. The zero-order valence-electron chi connectivity index (χ0n) is 11.9. The summed E-state index contributed by atoms with van der Waals surface area (Å²) < 4.78 is 0. The Morgan fingerprint density at radius 3 is 2.39 bits per heavy atom. The summed E-state index contributed by atoms with van der Waals surface area (Å²) in [6, 6.07) is 2.56. The van der Waals surface area contributed by atoms with Crippen molar-refractivity contribution in [2.24, 2.45) is 17.3 Å². The van der Waals surface area contributed by atoms with Gasteiger partial charge in [-0.05, 0) is 50.4 Å². The second-order valence-corrected chi connectivity index (χ2v) is 6.65. The lowest BCUT2D eigenvalue weighted by molar-refractivity contribution is -0.140. The van der Waals surface area contributed by atoms with Crippen molar-refractivity contribution in [1.82, 2.24) is 0 Å². The molecule has 1 N–H and O–H groups in total. The van der Waals surface area contributed by atoms with E-state index in [1.807, 2.05) is 0 Å². The minimum Gasteiger partial charge on any atom is -0.388 e. The molecule has 0 aliphatic heterocycles. The highest BCUT2D eigenvalue weighted by Gasteiger charge is 2.55. The van der Waals surface area contributed by atoms with E-state index in [4.69, 9.17) is 0 Å². The minimum absolute atomic E-state index is 0.333. The predicted molar refractivity (Wildman–Crippen MR) is 72.9 cm³/mol. The van der Waals surface area contributed by atoms with Crippen molar-refractivity contribution in [2.45, 2.75) is 77.2 Å². The van der Waals surface area contributed by atoms with Crippen LogP contribution in [0.25, 0.3) is 0 Å². The minimum atomic E-state index is -0.713. The summed E-state index contributed by atoms with van der Waals surface area (Å²) in [4.78, 5) is 0. The Morgan fingerprint density at radius 2 is 1.83 bits per heavy atom. The number of aliphatic hydroxyl groups is 1. The molecule has 0 radical (unpaired) electrons. The Kier molecular flexibility index (Phi) is 4.02. The summed E-state index contributed by atoms with van der Waals surface area (Å²) in [7, 11) is 0. The van der Waals surface area contributed by atoms with Gasteiger partial charge in [-0.1, -0.05) is 33.1 Å². The largest absolute Gasteiger partial charge is 0.388 e. The lowest BCUT2D eigenvalue weighted by atomic mass is 9.54. The topological polar surface area (TPSA) is 44.0 Å². The summed E-state index contributed by atoms with van der Waals surface area (Å²) in [6.07, 6.45) is 9.27. The maximum atomic E-state index is 11.3. The van der Waals surface area contributed by atoms with Crippen molar-refractivity contribution >= 4 is 0 Å². The Hall–Kier alpha value is -0.550. The first kappa shape index (κ1) is 13.9. The Labute approximate surface area is 111 Å². The average molecular weight is 249 g/mol. The maximum Gasteiger partial charge on any atom is 0.0863 e. The summed E-state index contributed by atoms with van der Waals surface area (Å²) in [5, 5.41) is 21.0. The van der Waals surface area contributed by atoms with Gasteiger partial charge in [-0.25, -0.2) is 0 Å². The van der Waals surface area contributed by atoms with Gasteiger partial charge >= 0.3 is 0 Å². The molecule has 0 bridgehead atoms. The predicted octanol–water partition coefficient (Wildman–Crippen LogP) is 4.04. The Balaban J connectivity index is 2.27. The van der Waals surface area contributed by atoms with Gasteiger partial charge < -0.3 is 5.11 Å². The Bertz CT molecular complexity index is 324. The van der Waals surface area contributed by atoms with Crippen LogP contribution in [0.5, 0.6) is 0 Å². The summed E-state index contributed by atoms with van der Waals surface area (Å²) in [5.41, 5.74) is -1.17. The number of hydrogen-bond acceptors (Lipinski definition) is 2. The monoisotopic (exact) mass is 249 g/mol. The molecular formula is C16H27NO. The third kappa shape index (κ3) is 2.07. The molecule has 2 fully saturated rings. The van der Waals surface area contributed by atoms with Gasteiger partial charge in [0.2, 0.25) is 0 Å². The highest BCUT2D eigenvalue weighted by Crippen LogP contribution is 2.54. The van der Waals surface area contributed by atoms with Gasteiger partial charge in [-0.3, -0.25) is 0 Å². The van der Waals surface area contributed by atoms with Crippen LogP contribution in [0.4, 0.5) is 0 Å². The number of nitrogens with zero attached hydrogens (tertiary/aromatic N) is 1. The summed E-state index contributed by atoms with van der Waals surface area (Å²) in [6.45, 7) is 4.43. The fourth-order valence-electron chi connectivity index (χ4n) is 4.30. The second kappa shape index (κ2) is 5.21. The molecule has 2 saturated carbocycles. The molecular weight excluding hydrogens is 222 g/mol. The van der Waals surface area contributed by atoms with E-state index >= 15 is 0 Å². The van der Waals surface area contributed by atoms with Gasteiger partial charge in [0.25, 0.3) is 0 Å². The van der Waals surface area contributed by atoms with Crippen LogP contribution in [-0.2, 0) is 0 Å². The van der Waals surface area contributed by atoms with E-state index in [0.717, 1.165) is 57.3 Å². The van der Waals surface area contributed by atoms with E-state index in [-0.39, 0.29) is 0 Å². The molecule has 0 aromatic heterocycles. The van der Waals surface area contributed by atoms with Crippen molar-refractivity contribution in [3.8, 4) is 6.07 Å². The average Bonchev–Trinajstić information content (AvgIpc) is 2.40. The van der Waals surface area contributed by atoms with E-state index in [9.17, 15) is 10.4 Å². The molecule has 102 valence electrons. The number of hydrogen-bond donors (Lipinski definition) is 1. The van der Waals surface area contributed by atoms with Crippen LogP contribution in [0, 0.1) is 28.6 Å². The molecule has 2 rings (SSSR count). The standard InChI is InChI=1S/C16H27NO/c1-3-14-6-4-5-9-16(14,18)15(12-17)10-7-13(2)8-11-15/h13-14,18H,3-11H2,1-2H3. The SMILES string of the molecule is CCC1CCCCC1(O)C1(C#N)CCC(C)CC1. The van der Waals surface area contributed by atoms with Crippen LogP contribution in [-0.4, -0.2) is 10.7 Å². The van der Waals surface area contributed by atoms with E-state index in [1.165, 1.54) is 6.42 Å². The van der Waals surface area contributed by atoms with Crippen molar-refractivity contribution in [2.75, 3.05) is 0 Å².